The number of hydrogen-bond donors (Lipinski definition) is 1. The largest absolute Gasteiger partial charge is 0.350 e. The molecule has 6 heteroatoms. The zero-order chi connectivity index (χ0) is 20.6. The van der Waals surface area contributed by atoms with Crippen molar-refractivity contribution in [3.63, 3.8) is 0 Å². The van der Waals surface area contributed by atoms with Gasteiger partial charge < -0.3 is 9.47 Å². The fourth-order valence-electron chi connectivity index (χ4n) is 3.91. The molecular weight excluding hydrogens is 382 g/mol. The Morgan fingerprint density at radius 3 is 2.34 bits per heavy atom. The van der Waals surface area contributed by atoms with E-state index >= 15 is 0 Å². The normalized spacial score (nSPS) is 13.4. The van der Waals surface area contributed by atoms with Gasteiger partial charge in [0, 0.05) is 42.1 Å². The summed E-state index contributed by atoms with van der Waals surface area (Å²) in [5.74, 6) is 0. The number of rotatable bonds is 6. The van der Waals surface area contributed by atoms with Crippen LogP contribution in [0.5, 0.6) is 0 Å². The van der Waals surface area contributed by atoms with E-state index in [0.717, 1.165) is 27.2 Å². The minimum atomic E-state index is -3.65. The number of para-hydroxylation sites is 1. The fourth-order valence-corrected chi connectivity index (χ4v) is 5.17. The molecule has 1 atom stereocenters. The van der Waals surface area contributed by atoms with Crippen molar-refractivity contribution in [1.29, 1.82) is 0 Å². The van der Waals surface area contributed by atoms with Crippen LogP contribution in [0.25, 0.3) is 21.7 Å². The number of likely N-dealkylation sites (N-methyl/N-ethyl adjacent to an activating group) is 1. The number of aryl methyl sites for hydroxylation is 1. The molecule has 0 unspecified atom stereocenters. The van der Waals surface area contributed by atoms with Crippen molar-refractivity contribution in [1.82, 2.24) is 14.2 Å². The fraction of sp³-hybridized carbons (Fsp3) is 0.217. The van der Waals surface area contributed by atoms with E-state index in [1.807, 2.05) is 68.5 Å². The summed E-state index contributed by atoms with van der Waals surface area (Å²) in [6.07, 6.45) is 2.08. The molecule has 0 saturated carbocycles. The molecular formula is C23H25N3O2S. The summed E-state index contributed by atoms with van der Waals surface area (Å²) in [4.78, 5) is 2.36. The maximum absolute atomic E-state index is 13.1. The number of sulfonamides is 1. The maximum Gasteiger partial charge on any atom is 0.241 e. The van der Waals surface area contributed by atoms with Crippen LogP contribution in [0.15, 0.2) is 77.8 Å². The van der Waals surface area contributed by atoms with Crippen LogP contribution in [0.1, 0.15) is 11.6 Å². The third-order valence-electron chi connectivity index (χ3n) is 5.42. The molecule has 0 fully saturated rings. The quantitative estimate of drug-likeness (QED) is 0.527. The van der Waals surface area contributed by atoms with E-state index in [1.165, 1.54) is 0 Å². The number of benzene rings is 3. The molecule has 150 valence electrons. The molecule has 1 aromatic heterocycles. The van der Waals surface area contributed by atoms with Crippen molar-refractivity contribution < 1.29 is 8.42 Å². The summed E-state index contributed by atoms with van der Waals surface area (Å²) in [5.41, 5.74) is 2.24. The minimum Gasteiger partial charge on any atom is -0.350 e. The third-order valence-corrected chi connectivity index (χ3v) is 6.90. The summed E-state index contributed by atoms with van der Waals surface area (Å²) in [5, 5.41) is 2.78. The van der Waals surface area contributed by atoms with Gasteiger partial charge in [0.05, 0.1) is 4.90 Å². The molecule has 29 heavy (non-hydrogen) atoms. The summed E-state index contributed by atoms with van der Waals surface area (Å²) in [6, 6.07) is 21.0. The van der Waals surface area contributed by atoms with Gasteiger partial charge in [-0.05, 0) is 37.2 Å². The summed E-state index contributed by atoms with van der Waals surface area (Å²) < 4.78 is 31.2. The van der Waals surface area contributed by atoms with Gasteiger partial charge in [0.1, 0.15) is 0 Å². The van der Waals surface area contributed by atoms with Gasteiger partial charge in [0.2, 0.25) is 10.0 Å². The van der Waals surface area contributed by atoms with Crippen LogP contribution in [0.3, 0.4) is 0 Å². The first-order chi connectivity index (χ1) is 13.9. The second-order valence-electron chi connectivity index (χ2n) is 7.52. The molecule has 0 aliphatic carbocycles. The molecule has 1 heterocycles. The molecule has 0 spiro atoms. The molecule has 4 rings (SSSR count). The lowest BCUT2D eigenvalue weighted by atomic mass is 10.1. The summed E-state index contributed by atoms with van der Waals surface area (Å²) in [7, 11) is 2.30. The van der Waals surface area contributed by atoms with Gasteiger partial charge in [0.15, 0.2) is 0 Å². The Labute approximate surface area is 171 Å². The second kappa shape index (κ2) is 7.63. The Kier molecular flexibility index (Phi) is 5.17. The van der Waals surface area contributed by atoms with Crippen molar-refractivity contribution in [3.8, 4) is 0 Å². The molecule has 0 saturated heterocycles. The second-order valence-corrected chi connectivity index (χ2v) is 9.26. The van der Waals surface area contributed by atoms with E-state index in [9.17, 15) is 8.42 Å². The SMILES string of the molecule is CN(C)[C@H](CNS(=O)(=O)c1cccc2ccccc12)c1cn(C)c2ccccc12. The van der Waals surface area contributed by atoms with Crippen molar-refractivity contribution in [2.75, 3.05) is 20.6 Å². The van der Waals surface area contributed by atoms with Gasteiger partial charge in [-0.3, -0.25) is 0 Å². The number of nitrogens with one attached hydrogen (secondary N) is 1. The summed E-state index contributed by atoms with van der Waals surface area (Å²) >= 11 is 0. The molecule has 5 nitrogen and oxygen atoms in total. The molecule has 1 N–H and O–H groups in total. The van der Waals surface area contributed by atoms with Gasteiger partial charge in [-0.25, -0.2) is 13.1 Å². The molecule has 0 aliphatic heterocycles. The smallest absolute Gasteiger partial charge is 0.241 e. The van der Waals surface area contributed by atoms with E-state index in [0.29, 0.717) is 4.90 Å². The highest BCUT2D eigenvalue weighted by molar-refractivity contribution is 7.89. The highest BCUT2D eigenvalue weighted by atomic mass is 32.2. The molecule has 0 amide bonds. The van der Waals surface area contributed by atoms with Crippen molar-refractivity contribution >= 4 is 31.7 Å². The van der Waals surface area contributed by atoms with Gasteiger partial charge in [-0.15, -0.1) is 0 Å². The first-order valence-electron chi connectivity index (χ1n) is 9.56. The number of hydrogen-bond acceptors (Lipinski definition) is 3. The Morgan fingerprint density at radius 1 is 0.931 bits per heavy atom. The van der Waals surface area contributed by atoms with Crippen molar-refractivity contribution in [2.24, 2.45) is 7.05 Å². The Morgan fingerprint density at radius 2 is 1.59 bits per heavy atom. The van der Waals surface area contributed by atoms with Crippen LogP contribution in [0.4, 0.5) is 0 Å². The lowest BCUT2D eigenvalue weighted by Crippen LogP contribution is -2.34. The predicted molar refractivity (Wildman–Crippen MR) is 118 cm³/mol. The lowest BCUT2D eigenvalue weighted by molar-refractivity contribution is 0.301. The van der Waals surface area contributed by atoms with Crippen LogP contribution in [-0.4, -0.2) is 38.5 Å². The monoisotopic (exact) mass is 407 g/mol. The standard InChI is InChI=1S/C23H25N3O2S/c1-25(2)22(20-16-26(3)21-13-7-6-12-19(20)21)15-24-29(27,28)23-14-8-10-17-9-4-5-11-18(17)23/h4-14,16,22,24H,15H2,1-3H3/t22-/m1/s1. The molecule has 0 bridgehead atoms. The van der Waals surface area contributed by atoms with E-state index in [4.69, 9.17) is 0 Å². The number of fused-ring (bicyclic) bond motifs is 2. The first-order valence-corrected chi connectivity index (χ1v) is 11.0. The van der Waals surface area contributed by atoms with Crippen LogP contribution >= 0.6 is 0 Å². The van der Waals surface area contributed by atoms with Crippen LogP contribution in [0.2, 0.25) is 0 Å². The lowest BCUT2D eigenvalue weighted by Gasteiger charge is -2.24. The van der Waals surface area contributed by atoms with Crippen molar-refractivity contribution in [3.05, 3.63) is 78.5 Å². The van der Waals surface area contributed by atoms with E-state index in [2.05, 4.69) is 27.6 Å². The zero-order valence-corrected chi connectivity index (χ0v) is 17.6. The molecule has 4 aromatic rings. The van der Waals surface area contributed by atoms with Gasteiger partial charge in [-0.1, -0.05) is 54.6 Å². The summed E-state index contributed by atoms with van der Waals surface area (Å²) in [6.45, 7) is 0.284. The number of aromatic nitrogens is 1. The van der Waals surface area contributed by atoms with Gasteiger partial charge in [0.25, 0.3) is 0 Å². The first kappa shape index (κ1) is 19.6. The zero-order valence-electron chi connectivity index (χ0n) is 16.8. The van der Waals surface area contributed by atoms with Crippen LogP contribution < -0.4 is 4.72 Å². The van der Waals surface area contributed by atoms with Gasteiger partial charge in [-0.2, -0.15) is 0 Å². The average molecular weight is 408 g/mol. The van der Waals surface area contributed by atoms with E-state index in [1.54, 1.807) is 12.1 Å². The van der Waals surface area contributed by atoms with Crippen LogP contribution in [0, 0.1) is 0 Å². The van der Waals surface area contributed by atoms with Crippen LogP contribution in [-0.2, 0) is 17.1 Å². The van der Waals surface area contributed by atoms with E-state index < -0.39 is 10.0 Å². The molecule has 3 aromatic carbocycles. The van der Waals surface area contributed by atoms with E-state index in [-0.39, 0.29) is 12.6 Å². The average Bonchev–Trinajstić information content (AvgIpc) is 3.04. The maximum atomic E-state index is 13.1. The Hall–Kier alpha value is -2.67. The molecule has 0 radical (unpaired) electrons. The third kappa shape index (κ3) is 3.67. The minimum absolute atomic E-state index is 0.0918. The highest BCUT2D eigenvalue weighted by Crippen LogP contribution is 2.29. The topological polar surface area (TPSA) is 54.3 Å². The Bertz CT molecular complexity index is 1270. The predicted octanol–water partition coefficient (Wildman–Crippen LogP) is 3.91. The number of nitrogens with zero attached hydrogens (tertiary/aromatic N) is 2. The Balaban J connectivity index is 1.68. The highest BCUT2D eigenvalue weighted by Gasteiger charge is 2.23. The van der Waals surface area contributed by atoms with Gasteiger partial charge >= 0.3 is 0 Å². The molecule has 0 aliphatic rings. The van der Waals surface area contributed by atoms with Crippen molar-refractivity contribution in [2.45, 2.75) is 10.9 Å².